The van der Waals surface area contributed by atoms with Crippen LogP contribution in [0.5, 0.6) is 0 Å². The molecular weight excluding hydrogens is 421 g/mol. The van der Waals surface area contributed by atoms with E-state index in [-0.39, 0.29) is 24.2 Å². The van der Waals surface area contributed by atoms with Crippen LogP contribution in [0, 0.1) is 5.82 Å². The third-order valence-electron chi connectivity index (χ3n) is 4.12. The van der Waals surface area contributed by atoms with Gasteiger partial charge in [0.1, 0.15) is 17.5 Å². The molecule has 2 heterocycles. The van der Waals surface area contributed by atoms with Gasteiger partial charge in [0.05, 0.1) is 12.7 Å². The highest BCUT2D eigenvalue weighted by atomic mass is 79.9. The number of benzene rings is 2. The minimum absolute atomic E-state index is 0.207. The Balaban J connectivity index is 1.73. The van der Waals surface area contributed by atoms with Gasteiger partial charge in [0.2, 0.25) is 0 Å². The van der Waals surface area contributed by atoms with Crippen molar-refractivity contribution in [1.29, 1.82) is 0 Å². The molecule has 1 saturated heterocycles. The van der Waals surface area contributed by atoms with Crippen LogP contribution in [0.1, 0.15) is 10.4 Å². The molecule has 140 valence electrons. The average Bonchev–Trinajstić information content (AvgIpc) is 3.28. The Hall–Kier alpha value is -2.57. The van der Waals surface area contributed by atoms with Gasteiger partial charge in [-0.05, 0) is 36.4 Å². The van der Waals surface area contributed by atoms with Crippen LogP contribution in [0.4, 0.5) is 10.1 Å². The Labute approximate surface area is 161 Å². The lowest BCUT2D eigenvalue weighted by Crippen LogP contribution is -2.47. The first-order chi connectivity index (χ1) is 13.0. The maximum atomic E-state index is 13.8. The van der Waals surface area contributed by atoms with Gasteiger partial charge in [-0.15, -0.1) is 9.94 Å². The van der Waals surface area contributed by atoms with Crippen molar-refractivity contribution in [2.45, 2.75) is 6.17 Å². The number of amides is 1. The van der Waals surface area contributed by atoms with Crippen molar-refractivity contribution in [3.05, 3.63) is 58.4 Å². The lowest BCUT2D eigenvalue weighted by atomic mass is 10.1. The number of nitrogens with zero attached hydrogens (tertiary/aromatic N) is 3. The highest BCUT2D eigenvalue weighted by Crippen LogP contribution is 2.25. The molecule has 0 bridgehead atoms. The Kier molecular flexibility index (Phi) is 4.76. The standard InChI is InChI=1S/C16H15BrFN7O2/c17-11-3-9(4-12(18)6-11)16(26)24(8-15-20-22-23-21-15)13-1-2-14-10(5-13)7-19-25(14)27/h1-7,15,20-23,27H,8H2. The average molecular weight is 436 g/mol. The van der Waals surface area contributed by atoms with Gasteiger partial charge in [0.25, 0.3) is 5.91 Å². The number of hydrazine groups is 3. The molecule has 0 spiro atoms. The first kappa shape index (κ1) is 17.8. The molecule has 0 atom stereocenters. The van der Waals surface area contributed by atoms with Crippen LogP contribution >= 0.6 is 15.9 Å². The molecule has 1 aliphatic heterocycles. The van der Waals surface area contributed by atoms with Gasteiger partial charge in [0, 0.05) is 21.1 Å². The molecule has 3 aromatic rings. The van der Waals surface area contributed by atoms with Crippen molar-refractivity contribution in [3.8, 4) is 0 Å². The molecular formula is C16H15BrFN7O2. The summed E-state index contributed by atoms with van der Waals surface area (Å²) >= 11 is 3.22. The molecule has 1 aromatic heterocycles. The Morgan fingerprint density at radius 1 is 1.26 bits per heavy atom. The predicted octanol–water partition coefficient (Wildman–Crippen LogP) is 1.27. The summed E-state index contributed by atoms with van der Waals surface area (Å²) < 4.78 is 14.3. The molecule has 0 unspecified atom stereocenters. The number of anilines is 1. The molecule has 0 radical (unpaired) electrons. The molecule has 1 amide bonds. The van der Waals surface area contributed by atoms with E-state index in [2.05, 4.69) is 42.9 Å². The monoisotopic (exact) mass is 435 g/mol. The Bertz CT molecular complexity index is 985. The van der Waals surface area contributed by atoms with Crippen molar-refractivity contribution in [1.82, 2.24) is 31.9 Å². The summed E-state index contributed by atoms with van der Waals surface area (Å²) in [5.41, 5.74) is 12.5. The summed E-state index contributed by atoms with van der Waals surface area (Å²) in [5, 5.41) is 14.1. The fourth-order valence-corrected chi connectivity index (χ4v) is 3.33. The largest absolute Gasteiger partial charge is 0.411 e. The second-order valence-corrected chi connectivity index (χ2v) is 6.86. The zero-order chi connectivity index (χ0) is 19.0. The number of hydrogen-bond acceptors (Lipinski definition) is 7. The smallest absolute Gasteiger partial charge is 0.258 e. The molecule has 9 nitrogen and oxygen atoms in total. The van der Waals surface area contributed by atoms with E-state index in [4.69, 9.17) is 0 Å². The van der Waals surface area contributed by atoms with Crippen LogP contribution in [-0.4, -0.2) is 33.8 Å². The summed E-state index contributed by atoms with van der Waals surface area (Å²) in [7, 11) is 0. The van der Waals surface area contributed by atoms with E-state index in [1.165, 1.54) is 23.2 Å². The molecule has 4 rings (SSSR count). The Morgan fingerprint density at radius 3 is 2.78 bits per heavy atom. The van der Waals surface area contributed by atoms with Crippen molar-refractivity contribution >= 4 is 38.4 Å². The number of rotatable bonds is 4. The first-order valence-electron chi connectivity index (χ1n) is 7.97. The van der Waals surface area contributed by atoms with Gasteiger partial charge in [-0.1, -0.05) is 15.9 Å². The van der Waals surface area contributed by atoms with Gasteiger partial charge in [0.15, 0.2) is 0 Å². The molecule has 1 aliphatic rings. The number of fused-ring (bicyclic) bond motifs is 1. The minimum atomic E-state index is -0.509. The van der Waals surface area contributed by atoms with Crippen molar-refractivity contribution in [3.63, 3.8) is 0 Å². The summed E-state index contributed by atoms with van der Waals surface area (Å²) in [4.78, 5) is 15.4. The van der Waals surface area contributed by atoms with Gasteiger partial charge in [-0.25, -0.2) is 15.2 Å². The van der Waals surface area contributed by atoms with E-state index in [9.17, 15) is 14.4 Å². The zero-order valence-electron chi connectivity index (χ0n) is 13.8. The Morgan fingerprint density at radius 2 is 2.04 bits per heavy atom. The highest BCUT2D eigenvalue weighted by Gasteiger charge is 2.24. The number of carbonyl (C=O) groups excluding carboxylic acids is 1. The fourth-order valence-electron chi connectivity index (χ4n) is 2.87. The normalized spacial score (nSPS) is 14.7. The third kappa shape index (κ3) is 3.63. The van der Waals surface area contributed by atoms with Gasteiger partial charge in [-0.2, -0.15) is 11.1 Å². The zero-order valence-corrected chi connectivity index (χ0v) is 15.4. The van der Waals surface area contributed by atoms with Gasteiger partial charge in [-0.3, -0.25) is 4.79 Å². The van der Waals surface area contributed by atoms with Crippen LogP contribution in [0.25, 0.3) is 10.9 Å². The third-order valence-corrected chi connectivity index (χ3v) is 4.58. The maximum Gasteiger partial charge on any atom is 0.258 e. The number of hydrogen-bond donors (Lipinski definition) is 5. The molecule has 0 saturated carbocycles. The van der Waals surface area contributed by atoms with E-state index < -0.39 is 5.82 Å². The van der Waals surface area contributed by atoms with E-state index in [1.54, 1.807) is 24.3 Å². The van der Waals surface area contributed by atoms with Crippen LogP contribution in [-0.2, 0) is 0 Å². The van der Waals surface area contributed by atoms with Gasteiger partial charge < -0.3 is 10.1 Å². The summed E-state index contributed by atoms with van der Waals surface area (Å²) in [6, 6.07) is 9.13. The molecule has 0 aliphatic carbocycles. The van der Waals surface area contributed by atoms with Crippen molar-refractivity contribution < 1.29 is 14.4 Å². The van der Waals surface area contributed by atoms with Crippen LogP contribution < -0.4 is 26.8 Å². The van der Waals surface area contributed by atoms with Crippen molar-refractivity contribution in [2.75, 3.05) is 11.4 Å². The number of aromatic nitrogens is 2. The topological polar surface area (TPSA) is 106 Å². The second kappa shape index (κ2) is 7.21. The molecule has 2 aromatic carbocycles. The summed E-state index contributed by atoms with van der Waals surface area (Å²) in [6.07, 6.45) is 1.21. The van der Waals surface area contributed by atoms with Gasteiger partial charge >= 0.3 is 0 Å². The maximum absolute atomic E-state index is 13.8. The summed E-state index contributed by atoms with van der Waals surface area (Å²) in [6.45, 7) is 0.242. The number of halogens is 2. The second-order valence-electron chi connectivity index (χ2n) is 5.94. The van der Waals surface area contributed by atoms with E-state index in [0.717, 1.165) is 4.85 Å². The lowest BCUT2D eigenvalue weighted by molar-refractivity contribution is 0.0983. The molecule has 27 heavy (non-hydrogen) atoms. The number of carbonyl (C=O) groups is 1. The van der Waals surface area contributed by atoms with E-state index in [0.29, 0.717) is 21.1 Å². The van der Waals surface area contributed by atoms with E-state index in [1.807, 2.05) is 0 Å². The quantitative estimate of drug-likeness (QED) is 0.392. The fraction of sp³-hybridized carbons (Fsp3) is 0.125. The summed E-state index contributed by atoms with van der Waals surface area (Å²) in [5.74, 6) is -0.883. The predicted molar refractivity (Wildman–Crippen MR) is 99.0 cm³/mol. The molecule has 1 fully saturated rings. The lowest BCUT2D eigenvalue weighted by Gasteiger charge is -2.26. The molecule has 11 heteroatoms. The molecule has 5 N–H and O–H groups in total. The van der Waals surface area contributed by atoms with Crippen LogP contribution in [0.3, 0.4) is 0 Å². The first-order valence-corrected chi connectivity index (χ1v) is 8.76. The highest BCUT2D eigenvalue weighted by molar-refractivity contribution is 9.10. The van der Waals surface area contributed by atoms with Crippen LogP contribution in [0.2, 0.25) is 0 Å². The minimum Gasteiger partial charge on any atom is -0.411 e. The van der Waals surface area contributed by atoms with Crippen LogP contribution in [0.15, 0.2) is 47.1 Å². The van der Waals surface area contributed by atoms with E-state index >= 15 is 0 Å². The number of nitrogens with one attached hydrogen (secondary N) is 4. The SMILES string of the molecule is O=C(c1cc(F)cc(Br)c1)N(CC1NNNN1)c1ccc2c(cnn2O)c1. The van der Waals surface area contributed by atoms with Crippen molar-refractivity contribution in [2.24, 2.45) is 0 Å².